The Morgan fingerprint density at radius 1 is 1.43 bits per heavy atom. The topological polar surface area (TPSA) is 26.3 Å². The average molecular weight is 436 g/mol. The van der Waals surface area contributed by atoms with Crippen molar-refractivity contribution in [1.29, 1.82) is 0 Å². The lowest BCUT2D eigenvalue weighted by molar-refractivity contribution is 0.0525. The van der Waals surface area contributed by atoms with Crippen molar-refractivity contribution in [2.75, 3.05) is 6.61 Å². The number of halogens is 3. The Morgan fingerprint density at radius 3 is 2.64 bits per heavy atom. The molecule has 0 bridgehead atoms. The van der Waals surface area contributed by atoms with Gasteiger partial charge >= 0.3 is 5.97 Å². The fourth-order valence-electron chi connectivity index (χ4n) is 0.892. The third-order valence-corrected chi connectivity index (χ3v) is 5.44. The van der Waals surface area contributed by atoms with Gasteiger partial charge in [-0.3, -0.25) is 0 Å². The van der Waals surface area contributed by atoms with E-state index in [0.29, 0.717) is 17.2 Å². The van der Waals surface area contributed by atoms with Crippen LogP contribution in [0.15, 0.2) is 12.1 Å². The molecule has 5 heteroatoms. The van der Waals surface area contributed by atoms with Gasteiger partial charge in [0, 0.05) is 7.14 Å². The highest BCUT2D eigenvalue weighted by atomic mass is 127. The van der Waals surface area contributed by atoms with Crippen LogP contribution in [0, 0.1) is 7.14 Å². The fraction of sp³-hybridized carbons (Fsp3) is 0.222. The summed E-state index contributed by atoms with van der Waals surface area (Å²) >= 11 is 10.1. The van der Waals surface area contributed by atoms with Gasteiger partial charge in [0.25, 0.3) is 0 Å². The predicted octanol–water partition coefficient (Wildman–Crippen LogP) is 3.73. The molecule has 0 unspecified atom stereocenters. The van der Waals surface area contributed by atoms with Gasteiger partial charge in [0.05, 0.1) is 17.2 Å². The van der Waals surface area contributed by atoms with Gasteiger partial charge in [-0.2, -0.15) is 0 Å². The lowest BCUT2D eigenvalue weighted by Gasteiger charge is -2.06. The summed E-state index contributed by atoms with van der Waals surface area (Å²) in [5, 5.41) is 0.656. The Balaban J connectivity index is 3.11. The van der Waals surface area contributed by atoms with E-state index >= 15 is 0 Å². The number of ether oxygens (including phenoxy) is 1. The van der Waals surface area contributed by atoms with Crippen molar-refractivity contribution >= 4 is 62.8 Å². The van der Waals surface area contributed by atoms with Gasteiger partial charge in [-0.15, -0.1) is 0 Å². The summed E-state index contributed by atoms with van der Waals surface area (Å²) in [4.78, 5) is 11.5. The minimum absolute atomic E-state index is 0.300. The molecule has 0 N–H and O–H groups in total. The van der Waals surface area contributed by atoms with E-state index < -0.39 is 0 Å². The molecule has 0 aliphatic rings. The van der Waals surface area contributed by atoms with E-state index in [4.69, 9.17) is 16.3 Å². The highest BCUT2D eigenvalue weighted by Gasteiger charge is 2.14. The number of benzene rings is 1. The van der Waals surface area contributed by atoms with Gasteiger partial charge in [0.1, 0.15) is 0 Å². The van der Waals surface area contributed by atoms with Crippen LogP contribution >= 0.6 is 56.8 Å². The monoisotopic (exact) mass is 436 g/mol. The quantitative estimate of drug-likeness (QED) is 0.401. The molecule has 0 aliphatic heterocycles. The second-order valence-corrected chi connectivity index (χ2v) is 5.01. The van der Waals surface area contributed by atoms with Crippen molar-refractivity contribution in [3.8, 4) is 0 Å². The first-order valence-corrected chi connectivity index (χ1v) is 6.42. The SMILES string of the molecule is CCOC(=O)c1ccc(Cl)c(I)c1I. The van der Waals surface area contributed by atoms with Crippen molar-refractivity contribution < 1.29 is 9.53 Å². The molecule has 0 radical (unpaired) electrons. The molecule has 0 amide bonds. The standard InChI is InChI=1S/C9H7ClI2O2/c1-2-14-9(13)5-3-4-6(10)8(12)7(5)11/h3-4H,2H2,1H3. The third kappa shape index (κ3) is 2.73. The maximum atomic E-state index is 11.5. The van der Waals surface area contributed by atoms with E-state index in [0.717, 1.165) is 7.14 Å². The normalized spacial score (nSPS) is 10.0. The van der Waals surface area contributed by atoms with E-state index in [1.54, 1.807) is 19.1 Å². The van der Waals surface area contributed by atoms with Crippen molar-refractivity contribution in [1.82, 2.24) is 0 Å². The molecular weight excluding hydrogens is 429 g/mol. The predicted molar refractivity (Wildman–Crippen MR) is 72.8 cm³/mol. The maximum Gasteiger partial charge on any atom is 0.339 e. The molecule has 0 atom stereocenters. The molecule has 1 aromatic carbocycles. The first-order chi connectivity index (χ1) is 6.57. The first-order valence-electron chi connectivity index (χ1n) is 3.88. The van der Waals surface area contributed by atoms with Gasteiger partial charge in [-0.25, -0.2) is 4.79 Å². The summed E-state index contributed by atoms with van der Waals surface area (Å²) in [6.07, 6.45) is 0. The number of carbonyl (C=O) groups is 1. The largest absolute Gasteiger partial charge is 0.462 e. The number of carbonyl (C=O) groups excluding carboxylic acids is 1. The molecule has 0 heterocycles. The Morgan fingerprint density at radius 2 is 2.07 bits per heavy atom. The molecule has 76 valence electrons. The molecule has 1 rings (SSSR count). The highest BCUT2D eigenvalue weighted by molar-refractivity contribution is 14.1. The average Bonchev–Trinajstić information content (AvgIpc) is 2.15. The summed E-state index contributed by atoms with van der Waals surface area (Å²) in [5.74, 6) is -0.300. The van der Waals surface area contributed by atoms with Crippen LogP contribution in [0.5, 0.6) is 0 Å². The van der Waals surface area contributed by atoms with Crippen LogP contribution in [0.1, 0.15) is 17.3 Å². The van der Waals surface area contributed by atoms with Gasteiger partial charge in [0.2, 0.25) is 0 Å². The number of hydrogen-bond donors (Lipinski definition) is 0. The van der Waals surface area contributed by atoms with E-state index in [-0.39, 0.29) is 5.97 Å². The van der Waals surface area contributed by atoms with Crippen molar-refractivity contribution in [3.63, 3.8) is 0 Å². The summed E-state index contributed by atoms with van der Waals surface area (Å²) in [6, 6.07) is 3.39. The summed E-state index contributed by atoms with van der Waals surface area (Å²) < 4.78 is 6.64. The van der Waals surface area contributed by atoms with Crippen LogP contribution < -0.4 is 0 Å². The zero-order chi connectivity index (χ0) is 10.7. The Hall–Kier alpha value is 0.440. The summed E-state index contributed by atoms with van der Waals surface area (Å²) in [7, 11) is 0. The zero-order valence-corrected chi connectivity index (χ0v) is 12.4. The van der Waals surface area contributed by atoms with Crippen LogP contribution in [0.4, 0.5) is 0 Å². The Bertz CT molecular complexity index is 366. The number of esters is 1. The van der Waals surface area contributed by atoms with Crippen LogP contribution in [-0.2, 0) is 4.74 Å². The highest BCUT2D eigenvalue weighted by Crippen LogP contribution is 2.27. The van der Waals surface area contributed by atoms with Gasteiger partial charge in [0.15, 0.2) is 0 Å². The van der Waals surface area contributed by atoms with E-state index in [1.807, 2.05) is 0 Å². The minimum atomic E-state index is -0.300. The minimum Gasteiger partial charge on any atom is -0.462 e. The van der Waals surface area contributed by atoms with Crippen molar-refractivity contribution in [2.24, 2.45) is 0 Å². The summed E-state index contributed by atoms with van der Waals surface area (Å²) in [6.45, 7) is 2.17. The van der Waals surface area contributed by atoms with Crippen LogP contribution in [0.3, 0.4) is 0 Å². The lowest BCUT2D eigenvalue weighted by atomic mass is 10.2. The van der Waals surface area contributed by atoms with Crippen LogP contribution in [0.25, 0.3) is 0 Å². The van der Waals surface area contributed by atoms with Crippen molar-refractivity contribution in [2.45, 2.75) is 6.92 Å². The Labute approximate surface area is 115 Å². The smallest absolute Gasteiger partial charge is 0.339 e. The van der Waals surface area contributed by atoms with Gasteiger partial charge in [-0.05, 0) is 64.2 Å². The fourth-order valence-corrected chi connectivity index (χ4v) is 2.37. The molecule has 2 nitrogen and oxygen atoms in total. The van der Waals surface area contributed by atoms with E-state index in [2.05, 4.69) is 45.2 Å². The van der Waals surface area contributed by atoms with Crippen molar-refractivity contribution in [3.05, 3.63) is 29.9 Å². The van der Waals surface area contributed by atoms with E-state index in [9.17, 15) is 4.79 Å². The van der Waals surface area contributed by atoms with Gasteiger partial charge in [-0.1, -0.05) is 11.6 Å². The zero-order valence-electron chi connectivity index (χ0n) is 7.31. The van der Waals surface area contributed by atoms with E-state index in [1.165, 1.54) is 0 Å². The maximum absolute atomic E-state index is 11.5. The molecule has 0 saturated heterocycles. The second kappa shape index (κ2) is 5.50. The lowest BCUT2D eigenvalue weighted by Crippen LogP contribution is -2.07. The second-order valence-electron chi connectivity index (χ2n) is 2.44. The van der Waals surface area contributed by atoms with Gasteiger partial charge < -0.3 is 4.74 Å². The molecular formula is C9H7ClI2O2. The number of rotatable bonds is 2. The molecule has 0 saturated carbocycles. The first kappa shape index (κ1) is 12.5. The Kier molecular flexibility index (Phi) is 4.92. The molecule has 14 heavy (non-hydrogen) atoms. The molecule has 0 aliphatic carbocycles. The molecule has 0 fully saturated rings. The van der Waals surface area contributed by atoms with Crippen LogP contribution in [-0.4, -0.2) is 12.6 Å². The van der Waals surface area contributed by atoms with Crippen LogP contribution in [0.2, 0.25) is 5.02 Å². The summed E-state index contributed by atoms with van der Waals surface area (Å²) in [5.41, 5.74) is 0.571. The number of hydrogen-bond acceptors (Lipinski definition) is 2. The molecule has 0 spiro atoms. The molecule has 1 aromatic rings. The molecule has 0 aromatic heterocycles. The third-order valence-electron chi connectivity index (χ3n) is 1.53.